The zero-order chi connectivity index (χ0) is 14.2. The van der Waals surface area contributed by atoms with Gasteiger partial charge in [0.1, 0.15) is 11.4 Å². The molecule has 1 aliphatic heterocycles. The second kappa shape index (κ2) is 4.63. The average molecular weight is 279 g/mol. The van der Waals surface area contributed by atoms with Gasteiger partial charge in [-0.15, -0.1) is 0 Å². The smallest absolute Gasteiger partial charge is 0.230 e. The fourth-order valence-electron chi connectivity index (χ4n) is 2.63. The number of nitrogens with two attached hydrogens (primary N) is 1. The molecule has 0 saturated heterocycles. The van der Waals surface area contributed by atoms with Crippen LogP contribution < -0.4 is 10.5 Å². The van der Waals surface area contributed by atoms with Gasteiger partial charge in [-0.1, -0.05) is 5.16 Å². The van der Waals surface area contributed by atoms with Crippen LogP contribution in [0, 0.1) is 0 Å². The SMILES string of the molecule is Nc1onc(-c2ccc3c(c2)CCO3)c1-c1ccncc1. The molecule has 2 aromatic heterocycles. The Morgan fingerprint density at radius 2 is 1.90 bits per heavy atom. The summed E-state index contributed by atoms with van der Waals surface area (Å²) in [5.74, 6) is 1.26. The number of benzene rings is 1. The summed E-state index contributed by atoms with van der Waals surface area (Å²) >= 11 is 0. The van der Waals surface area contributed by atoms with Crippen LogP contribution in [0.1, 0.15) is 5.56 Å². The number of hydrogen-bond acceptors (Lipinski definition) is 5. The van der Waals surface area contributed by atoms with Crippen molar-refractivity contribution in [3.8, 4) is 28.1 Å². The van der Waals surface area contributed by atoms with Crippen molar-refractivity contribution in [1.29, 1.82) is 0 Å². The topological polar surface area (TPSA) is 74.2 Å². The van der Waals surface area contributed by atoms with Crippen LogP contribution in [0.4, 0.5) is 5.88 Å². The molecular formula is C16H13N3O2. The molecule has 0 amide bonds. The predicted molar refractivity (Wildman–Crippen MR) is 78.8 cm³/mol. The van der Waals surface area contributed by atoms with E-state index in [9.17, 15) is 0 Å². The summed E-state index contributed by atoms with van der Waals surface area (Å²) in [6, 6.07) is 9.82. The maximum atomic E-state index is 5.95. The van der Waals surface area contributed by atoms with Crippen molar-refractivity contribution in [2.45, 2.75) is 6.42 Å². The number of nitrogens with zero attached hydrogens (tertiary/aromatic N) is 2. The third kappa shape index (κ3) is 1.94. The molecule has 0 atom stereocenters. The van der Waals surface area contributed by atoms with Crippen molar-refractivity contribution < 1.29 is 9.26 Å². The van der Waals surface area contributed by atoms with Gasteiger partial charge in [-0.25, -0.2) is 0 Å². The second-order valence-corrected chi connectivity index (χ2v) is 4.93. The number of anilines is 1. The Morgan fingerprint density at radius 1 is 1.05 bits per heavy atom. The highest BCUT2D eigenvalue weighted by Gasteiger charge is 2.20. The van der Waals surface area contributed by atoms with Crippen LogP contribution in [0.25, 0.3) is 22.4 Å². The van der Waals surface area contributed by atoms with Crippen molar-refractivity contribution in [1.82, 2.24) is 10.1 Å². The first-order valence-corrected chi connectivity index (χ1v) is 6.74. The maximum Gasteiger partial charge on any atom is 0.230 e. The molecule has 3 heterocycles. The Balaban J connectivity index is 1.87. The normalized spacial score (nSPS) is 13.0. The molecule has 5 heteroatoms. The fourth-order valence-corrected chi connectivity index (χ4v) is 2.63. The zero-order valence-electron chi connectivity index (χ0n) is 11.2. The van der Waals surface area contributed by atoms with E-state index in [1.54, 1.807) is 12.4 Å². The van der Waals surface area contributed by atoms with Crippen molar-refractivity contribution in [2.75, 3.05) is 12.3 Å². The number of aromatic nitrogens is 2. The highest BCUT2D eigenvalue weighted by atomic mass is 16.5. The summed E-state index contributed by atoms with van der Waals surface area (Å²) in [7, 11) is 0. The molecule has 0 radical (unpaired) electrons. The molecule has 0 aliphatic carbocycles. The molecule has 0 fully saturated rings. The van der Waals surface area contributed by atoms with Crippen LogP contribution in [0.15, 0.2) is 47.2 Å². The number of ether oxygens (including phenoxy) is 1. The molecule has 1 aromatic carbocycles. The molecule has 2 N–H and O–H groups in total. The van der Waals surface area contributed by atoms with Gasteiger partial charge >= 0.3 is 0 Å². The van der Waals surface area contributed by atoms with Crippen molar-refractivity contribution in [2.24, 2.45) is 0 Å². The van der Waals surface area contributed by atoms with Crippen LogP contribution in [0.5, 0.6) is 5.75 Å². The van der Waals surface area contributed by atoms with E-state index in [1.807, 2.05) is 24.3 Å². The average Bonchev–Trinajstić information content (AvgIpc) is 3.13. The van der Waals surface area contributed by atoms with E-state index in [4.69, 9.17) is 15.0 Å². The lowest BCUT2D eigenvalue weighted by Crippen LogP contribution is -1.88. The minimum atomic E-state index is 0.313. The Morgan fingerprint density at radius 3 is 2.76 bits per heavy atom. The van der Waals surface area contributed by atoms with Gasteiger partial charge in [0.05, 0.1) is 12.2 Å². The minimum absolute atomic E-state index is 0.313. The summed E-state index contributed by atoms with van der Waals surface area (Å²) < 4.78 is 10.7. The van der Waals surface area contributed by atoms with E-state index in [-0.39, 0.29) is 0 Å². The van der Waals surface area contributed by atoms with Gasteiger partial charge in [-0.3, -0.25) is 4.98 Å². The van der Waals surface area contributed by atoms with Crippen LogP contribution in [-0.4, -0.2) is 16.7 Å². The molecule has 5 nitrogen and oxygen atoms in total. The van der Waals surface area contributed by atoms with Gasteiger partial charge < -0.3 is 15.0 Å². The molecule has 104 valence electrons. The molecule has 0 bridgehead atoms. The first-order valence-electron chi connectivity index (χ1n) is 6.74. The van der Waals surface area contributed by atoms with E-state index in [0.717, 1.165) is 41.2 Å². The van der Waals surface area contributed by atoms with Gasteiger partial charge in [0, 0.05) is 24.4 Å². The summed E-state index contributed by atoms with van der Waals surface area (Å²) in [6.07, 6.45) is 4.37. The Labute approximate surface area is 121 Å². The molecule has 1 aliphatic rings. The summed E-state index contributed by atoms with van der Waals surface area (Å²) in [5, 5.41) is 4.13. The highest BCUT2D eigenvalue weighted by Crippen LogP contribution is 2.38. The molecule has 0 spiro atoms. The third-order valence-corrected chi connectivity index (χ3v) is 3.65. The largest absolute Gasteiger partial charge is 0.493 e. The maximum absolute atomic E-state index is 5.95. The van der Waals surface area contributed by atoms with E-state index >= 15 is 0 Å². The first kappa shape index (κ1) is 12.0. The van der Waals surface area contributed by atoms with E-state index in [1.165, 1.54) is 5.56 Å². The second-order valence-electron chi connectivity index (χ2n) is 4.93. The monoisotopic (exact) mass is 279 g/mol. The lowest BCUT2D eigenvalue weighted by molar-refractivity contribution is 0.357. The van der Waals surface area contributed by atoms with Crippen molar-refractivity contribution in [3.05, 3.63) is 48.3 Å². The van der Waals surface area contributed by atoms with Gasteiger partial charge in [-0.05, 0) is 41.5 Å². The summed E-state index contributed by atoms with van der Waals surface area (Å²) in [6.45, 7) is 0.733. The van der Waals surface area contributed by atoms with Crippen LogP contribution in [-0.2, 0) is 6.42 Å². The Kier molecular flexibility index (Phi) is 2.64. The number of fused-ring (bicyclic) bond motifs is 1. The number of rotatable bonds is 2. The third-order valence-electron chi connectivity index (χ3n) is 3.65. The Bertz CT molecular complexity index is 797. The van der Waals surface area contributed by atoms with E-state index in [2.05, 4.69) is 16.2 Å². The van der Waals surface area contributed by atoms with Crippen molar-refractivity contribution >= 4 is 5.88 Å². The fraction of sp³-hybridized carbons (Fsp3) is 0.125. The molecule has 21 heavy (non-hydrogen) atoms. The lowest BCUT2D eigenvalue weighted by Gasteiger charge is -2.04. The number of nitrogen functional groups attached to an aromatic ring is 1. The first-order chi connectivity index (χ1) is 10.3. The molecular weight excluding hydrogens is 266 g/mol. The quantitative estimate of drug-likeness (QED) is 0.780. The summed E-state index contributed by atoms with van der Waals surface area (Å²) in [4.78, 5) is 4.03. The van der Waals surface area contributed by atoms with Crippen LogP contribution in [0.2, 0.25) is 0 Å². The molecule has 0 saturated carbocycles. The van der Waals surface area contributed by atoms with Crippen LogP contribution >= 0.6 is 0 Å². The zero-order valence-corrected chi connectivity index (χ0v) is 11.2. The van der Waals surface area contributed by atoms with Gasteiger partial charge in [0.15, 0.2) is 0 Å². The number of hydrogen-bond donors (Lipinski definition) is 1. The van der Waals surface area contributed by atoms with E-state index < -0.39 is 0 Å². The molecule has 3 aromatic rings. The summed E-state index contributed by atoms with van der Waals surface area (Å²) in [5.41, 5.74) is 10.6. The van der Waals surface area contributed by atoms with Crippen LogP contribution in [0.3, 0.4) is 0 Å². The van der Waals surface area contributed by atoms with Gasteiger partial charge in [0.25, 0.3) is 0 Å². The Hall–Kier alpha value is -2.82. The predicted octanol–water partition coefficient (Wildman–Crippen LogP) is 2.92. The van der Waals surface area contributed by atoms with Crippen molar-refractivity contribution in [3.63, 3.8) is 0 Å². The standard InChI is InChI=1S/C16H13N3O2/c17-16-14(10-3-6-18-7-4-10)15(19-21-16)12-1-2-13-11(9-12)5-8-20-13/h1-4,6-7,9H,5,8,17H2. The number of pyridine rings is 1. The van der Waals surface area contributed by atoms with Gasteiger partial charge in [-0.2, -0.15) is 0 Å². The van der Waals surface area contributed by atoms with E-state index in [0.29, 0.717) is 5.88 Å². The van der Waals surface area contributed by atoms with Gasteiger partial charge in [0.2, 0.25) is 5.88 Å². The lowest BCUT2D eigenvalue weighted by atomic mass is 10.00. The highest BCUT2D eigenvalue weighted by molar-refractivity contribution is 5.87. The minimum Gasteiger partial charge on any atom is -0.493 e. The molecule has 0 unspecified atom stereocenters. The molecule has 4 rings (SSSR count).